The van der Waals surface area contributed by atoms with Gasteiger partial charge >= 0.3 is 0 Å². The highest BCUT2D eigenvalue weighted by atomic mass is 35.5. The Balaban J connectivity index is 1.35. The number of ether oxygens (including phenoxy) is 1. The first-order valence-electron chi connectivity index (χ1n) is 9.94. The zero-order valence-electron chi connectivity index (χ0n) is 17.1. The van der Waals surface area contributed by atoms with Gasteiger partial charge in [-0.25, -0.2) is 8.42 Å². The molecule has 8 heteroatoms. The average molecular weight is 449 g/mol. The molecule has 0 bridgehead atoms. The Morgan fingerprint density at radius 3 is 2.40 bits per heavy atom. The number of sulfone groups is 1. The molecule has 1 amide bonds. The third-order valence-corrected chi connectivity index (χ3v) is 7.55. The number of carbonyl (C=O) groups excluding carboxylic acids is 1. The highest BCUT2D eigenvalue weighted by Gasteiger charge is 2.50. The quantitative estimate of drug-likeness (QED) is 0.703. The lowest BCUT2D eigenvalue weighted by Crippen LogP contribution is -2.48. The van der Waals surface area contributed by atoms with Crippen LogP contribution in [0.15, 0.2) is 47.4 Å². The number of halogens is 1. The van der Waals surface area contributed by atoms with Crippen molar-refractivity contribution in [1.29, 1.82) is 0 Å². The number of nitrogens with zero attached hydrogens (tertiary/aromatic N) is 2. The van der Waals surface area contributed by atoms with Crippen LogP contribution in [0.4, 0.5) is 5.69 Å². The molecular formula is C22H25ClN2O4S. The SMILES string of the molecule is CN1C(=O)C2(CCN(CCOc3ccc(S(C)(=O)=O)cc3)CC2)c2cc(Cl)ccc21. The Kier molecular flexibility index (Phi) is 5.55. The highest BCUT2D eigenvalue weighted by molar-refractivity contribution is 7.90. The van der Waals surface area contributed by atoms with Crippen molar-refractivity contribution in [2.24, 2.45) is 0 Å². The summed E-state index contributed by atoms with van der Waals surface area (Å²) in [5.74, 6) is 0.800. The number of hydrogen-bond donors (Lipinski definition) is 0. The Morgan fingerprint density at radius 1 is 1.10 bits per heavy atom. The van der Waals surface area contributed by atoms with Crippen molar-refractivity contribution in [2.75, 3.05) is 44.4 Å². The van der Waals surface area contributed by atoms with Crippen molar-refractivity contribution >= 4 is 33.0 Å². The summed E-state index contributed by atoms with van der Waals surface area (Å²) in [7, 11) is -1.37. The molecule has 30 heavy (non-hydrogen) atoms. The van der Waals surface area contributed by atoms with Crippen LogP contribution < -0.4 is 9.64 Å². The number of likely N-dealkylation sites (tertiary alicyclic amines) is 1. The van der Waals surface area contributed by atoms with Gasteiger partial charge in [0.1, 0.15) is 12.4 Å². The maximum atomic E-state index is 13.1. The fourth-order valence-corrected chi connectivity index (χ4v) is 5.25. The summed E-state index contributed by atoms with van der Waals surface area (Å²) in [5, 5.41) is 0.661. The van der Waals surface area contributed by atoms with E-state index in [1.54, 1.807) is 29.2 Å². The highest BCUT2D eigenvalue weighted by Crippen LogP contribution is 2.48. The van der Waals surface area contributed by atoms with Crippen LogP contribution in [0.2, 0.25) is 5.02 Å². The second kappa shape index (κ2) is 7.87. The number of rotatable bonds is 5. The van der Waals surface area contributed by atoms with E-state index in [1.807, 2.05) is 25.2 Å². The van der Waals surface area contributed by atoms with E-state index in [1.165, 1.54) is 6.26 Å². The van der Waals surface area contributed by atoms with Crippen molar-refractivity contribution in [3.63, 3.8) is 0 Å². The second-order valence-corrected chi connectivity index (χ2v) is 10.5. The fraction of sp³-hybridized carbons (Fsp3) is 0.409. The zero-order chi connectivity index (χ0) is 21.5. The molecule has 1 spiro atoms. The molecular weight excluding hydrogens is 424 g/mol. The van der Waals surface area contributed by atoms with Crippen LogP contribution in [-0.4, -0.2) is 58.8 Å². The standard InChI is InChI=1S/C22H25ClN2O4S/c1-24-20-8-3-16(23)15-19(20)22(21(24)26)9-11-25(12-10-22)13-14-29-17-4-6-18(7-5-17)30(2,27)28/h3-8,15H,9-14H2,1-2H3. The minimum Gasteiger partial charge on any atom is -0.492 e. The average Bonchev–Trinajstić information content (AvgIpc) is 2.91. The zero-order valence-corrected chi connectivity index (χ0v) is 18.7. The van der Waals surface area contributed by atoms with E-state index in [9.17, 15) is 13.2 Å². The normalized spacial score (nSPS) is 18.6. The topological polar surface area (TPSA) is 66.9 Å². The first-order valence-corrected chi connectivity index (χ1v) is 12.2. The number of anilines is 1. The molecule has 2 aromatic rings. The monoisotopic (exact) mass is 448 g/mol. The molecule has 160 valence electrons. The molecule has 1 fully saturated rings. The van der Waals surface area contributed by atoms with Gasteiger partial charge in [-0.05, 0) is 74.0 Å². The number of likely N-dealkylation sites (N-methyl/N-ethyl adjacent to an activating group) is 1. The minimum absolute atomic E-state index is 0.154. The van der Waals surface area contributed by atoms with Crippen LogP contribution in [0.25, 0.3) is 0 Å². The maximum absolute atomic E-state index is 13.1. The molecule has 0 N–H and O–H groups in total. The van der Waals surface area contributed by atoms with Crippen LogP contribution >= 0.6 is 11.6 Å². The van der Waals surface area contributed by atoms with Gasteiger partial charge in [-0.1, -0.05) is 11.6 Å². The van der Waals surface area contributed by atoms with Gasteiger partial charge in [-0.15, -0.1) is 0 Å². The van der Waals surface area contributed by atoms with Crippen molar-refractivity contribution in [3.05, 3.63) is 53.1 Å². The lowest BCUT2D eigenvalue weighted by Gasteiger charge is -2.38. The van der Waals surface area contributed by atoms with E-state index in [2.05, 4.69) is 4.90 Å². The van der Waals surface area contributed by atoms with Crippen LogP contribution in [0.5, 0.6) is 5.75 Å². The molecule has 0 aromatic heterocycles. The fourth-order valence-electron chi connectivity index (χ4n) is 4.45. The van der Waals surface area contributed by atoms with E-state index < -0.39 is 15.3 Å². The van der Waals surface area contributed by atoms with E-state index in [0.29, 0.717) is 17.4 Å². The van der Waals surface area contributed by atoms with E-state index in [4.69, 9.17) is 16.3 Å². The largest absolute Gasteiger partial charge is 0.492 e. The van der Waals surface area contributed by atoms with Crippen LogP contribution in [0, 0.1) is 0 Å². The number of carbonyl (C=O) groups is 1. The van der Waals surface area contributed by atoms with E-state index in [-0.39, 0.29) is 10.8 Å². The Morgan fingerprint density at radius 2 is 1.77 bits per heavy atom. The summed E-state index contributed by atoms with van der Waals surface area (Å²) in [5.41, 5.74) is 1.52. The molecule has 2 aromatic carbocycles. The van der Waals surface area contributed by atoms with Crippen LogP contribution in [0.1, 0.15) is 18.4 Å². The van der Waals surface area contributed by atoms with Crippen LogP contribution in [0.3, 0.4) is 0 Å². The summed E-state index contributed by atoms with van der Waals surface area (Å²) in [6, 6.07) is 12.2. The third kappa shape index (κ3) is 3.82. The van der Waals surface area contributed by atoms with Gasteiger partial charge in [0.25, 0.3) is 0 Å². The van der Waals surface area contributed by atoms with Gasteiger partial charge in [0.15, 0.2) is 9.84 Å². The predicted molar refractivity (Wildman–Crippen MR) is 117 cm³/mol. The molecule has 2 aliphatic rings. The lowest BCUT2D eigenvalue weighted by atomic mass is 9.73. The maximum Gasteiger partial charge on any atom is 0.237 e. The third-order valence-electron chi connectivity index (χ3n) is 6.19. The molecule has 0 saturated carbocycles. The van der Waals surface area contributed by atoms with Crippen molar-refractivity contribution in [2.45, 2.75) is 23.2 Å². The number of fused-ring (bicyclic) bond motifs is 2. The Hall–Kier alpha value is -2.09. The summed E-state index contributed by atoms with van der Waals surface area (Å²) in [4.78, 5) is 17.4. The van der Waals surface area contributed by atoms with Crippen molar-refractivity contribution < 1.29 is 17.9 Å². The van der Waals surface area contributed by atoms with Crippen LogP contribution in [-0.2, 0) is 20.0 Å². The van der Waals surface area contributed by atoms with Gasteiger partial charge < -0.3 is 9.64 Å². The van der Waals surface area contributed by atoms with Gasteiger partial charge in [-0.2, -0.15) is 0 Å². The molecule has 0 aliphatic carbocycles. The summed E-state index contributed by atoms with van der Waals surface area (Å²) in [6.07, 6.45) is 2.70. The predicted octanol–water partition coefficient (Wildman–Crippen LogP) is 3.13. The molecule has 4 rings (SSSR count). The molecule has 1 saturated heterocycles. The Bertz CT molecular complexity index is 1060. The van der Waals surface area contributed by atoms with E-state index >= 15 is 0 Å². The van der Waals surface area contributed by atoms with Gasteiger partial charge in [0.05, 0.1) is 10.3 Å². The first-order chi connectivity index (χ1) is 14.2. The first kappa shape index (κ1) is 21.2. The molecule has 0 unspecified atom stereocenters. The second-order valence-electron chi connectivity index (χ2n) is 8.04. The van der Waals surface area contributed by atoms with Gasteiger partial charge in [0, 0.05) is 30.6 Å². The summed E-state index contributed by atoms with van der Waals surface area (Å²) < 4.78 is 28.8. The molecule has 2 aliphatic heterocycles. The summed E-state index contributed by atoms with van der Waals surface area (Å²) >= 11 is 6.22. The molecule has 6 nitrogen and oxygen atoms in total. The number of benzene rings is 2. The molecule has 0 radical (unpaired) electrons. The number of piperidine rings is 1. The smallest absolute Gasteiger partial charge is 0.237 e. The Labute approximate surface area is 182 Å². The van der Waals surface area contributed by atoms with E-state index in [0.717, 1.165) is 43.7 Å². The lowest BCUT2D eigenvalue weighted by molar-refractivity contribution is -0.124. The van der Waals surface area contributed by atoms with Gasteiger partial charge in [-0.3, -0.25) is 9.69 Å². The minimum atomic E-state index is -3.20. The molecule has 0 atom stereocenters. The summed E-state index contributed by atoms with van der Waals surface area (Å²) in [6.45, 7) is 2.86. The number of hydrogen-bond acceptors (Lipinski definition) is 5. The molecule has 2 heterocycles. The number of amides is 1. The van der Waals surface area contributed by atoms with Gasteiger partial charge in [0.2, 0.25) is 5.91 Å². The van der Waals surface area contributed by atoms with Crippen molar-refractivity contribution in [3.8, 4) is 5.75 Å². The van der Waals surface area contributed by atoms with Crippen molar-refractivity contribution in [1.82, 2.24) is 4.90 Å².